The van der Waals surface area contributed by atoms with Crippen molar-refractivity contribution in [1.82, 2.24) is 9.80 Å². The van der Waals surface area contributed by atoms with E-state index in [-0.39, 0.29) is 11.9 Å². The Bertz CT molecular complexity index is 724. The van der Waals surface area contributed by atoms with E-state index in [0.717, 1.165) is 26.1 Å². The molecule has 2 aliphatic heterocycles. The van der Waals surface area contributed by atoms with Crippen LogP contribution in [0.3, 0.4) is 0 Å². The van der Waals surface area contributed by atoms with Gasteiger partial charge in [-0.3, -0.25) is 14.5 Å². The molecule has 2 saturated heterocycles. The summed E-state index contributed by atoms with van der Waals surface area (Å²) in [5.74, 6) is -0.193. The van der Waals surface area contributed by atoms with Gasteiger partial charge in [0.1, 0.15) is 0 Å². The second-order valence-electron chi connectivity index (χ2n) is 8.73. The number of benzene rings is 1. The van der Waals surface area contributed by atoms with Crippen molar-refractivity contribution in [3.05, 3.63) is 35.9 Å². The molecule has 0 radical (unpaired) electrons. The largest absolute Gasteiger partial charge is 0.448 e. The number of fused-ring (bicyclic) bond motifs is 2. The monoisotopic (exact) mass is 356 g/mol. The molecule has 0 unspecified atom stereocenters. The van der Waals surface area contributed by atoms with Crippen LogP contribution in [0, 0.1) is 10.8 Å². The molecule has 5 heteroatoms. The molecule has 1 aliphatic carbocycles. The Kier molecular flexibility index (Phi) is 3.92. The van der Waals surface area contributed by atoms with Crippen LogP contribution in [0.1, 0.15) is 39.2 Å². The minimum atomic E-state index is -0.972. The highest BCUT2D eigenvalue weighted by Crippen LogP contribution is 2.65. The first-order valence-electron chi connectivity index (χ1n) is 9.59. The molecule has 1 aromatic carbocycles. The maximum absolute atomic E-state index is 13.4. The van der Waals surface area contributed by atoms with Gasteiger partial charge in [-0.15, -0.1) is 0 Å². The lowest BCUT2D eigenvalue weighted by Crippen LogP contribution is -2.59. The van der Waals surface area contributed by atoms with Crippen molar-refractivity contribution in [3.63, 3.8) is 0 Å². The number of nitrogens with zero attached hydrogens (tertiary/aromatic N) is 2. The molecule has 1 saturated carbocycles. The van der Waals surface area contributed by atoms with Crippen molar-refractivity contribution in [1.29, 1.82) is 0 Å². The first-order valence-corrected chi connectivity index (χ1v) is 9.59. The van der Waals surface area contributed by atoms with Gasteiger partial charge >= 0.3 is 5.97 Å². The summed E-state index contributed by atoms with van der Waals surface area (Å²) in [7, 11) is 0. The first-order chi connectivity index (χ1) is 12.3. The number of hydrogen-bond donors (Lipinski definition) is 0. The lowest BCUT2D eigenvalue weighted by atomic mass is 9.66. The highest BCUT2D eigenvalue weighted by molar-refractivity contribution is 5.96. The van der Waals surface area contributed by atoms with Crippen LogP contribution in [0.4, 0.5) is 0 Å². The highest BCUT2D eigenvalue weighted by atomic mass is 16.6. The van der Waals surface area contributed by atoms with Gasteiger partial charge in [0, 0.05) is 38.1 Å². The van der Waals surface area contributed by atoms with Gasteiger partial charge in [-0.25, -0.2) is 0 Å². The average Bonchev–Trinajstić information content (AvgIpc) is 2.93. The molecule has 26 heavy (non-hydrogen) atoms. The second kappa shape index (κ2) is 5.81. The van der Waals surface area contributed by atoms with Crippen molar-refractivity contribution in [2.75, 3.05) is 26.2 Å². The van der Waals surface area contributed by atoms with Gasteiger partial charge < -0.3 is 9.64 Å². The summed E-state index contributed by atoms with van der Waals surface area (Å²) < 4.78 is 5.76. The van der Waals surface area contributed by atoms with E-state index in [0.29, 0.717) is 19.5 Å². The molecule has 2 heterocycles. The van der Waals surface area contributed by atoms with Crippen LogP contribution in [-0.2, 0) is 20.9 Å². The Morgan fingerprint density at radius 3 is 2.23 bits per heavy atom. The number of rotatable bonds is 3. The van der Waals surface area contributed by atoms with Crippen molar-refractivity contribution in [2.45, 2.75) is 45.8 Å². The Morgan fingerprint density at radius 2 is 1.69 bits per heavy atom. The number of carbonyl (C=O) groups excluding carboxylic acids is 2. The molecular formula is C21H28N2O3. The molecule has 0 spiro atoms. The Hall–Kier alpha value is -1.88. The summed E-state index contributed by atoms with van der Waals surface area (Å²) in [4.78, 5) is 30.1. The van der Waals surface area contributed by atoms with E-state index < -0.39 is 16.4 Å². The van der Waals surface area contributed by atoms with Gasteiger partial charge in [-0.2, -0.15) is 0 Å². The number of amides is 1. The minimum absolute atomic E-state index is 0.0106. The third kappa shape index (κ3) is 2.26. The molecule has 3 fully saturated rings. The quantitative estimate of drug-likeness (QED) is 0.781. The molecule has 1 amide bonds. The van der Waals surface area contributed by atoms with E-state index in [1.807, 2.05) is 31.7 Å². The number of piperazine rings is 1. The third-order valence-corrected chi connectivity index (χ3v) is 7.34. The molecule has 2 atom stereocenters. The topological polar surface area (TPSA) is 49.9 Å². The zero-order valence-corrected chi connectivity index (χ0v) is 16.0. The van der Waals surface area contributed by atoms with Crippen LogP contribution >= 0.6 is 0 Å². The van der Waals surface area contributed by atoms with Crippen LogP contribution in [0.2, 0.25) is 0 Å². The third-order valence-electron chi connectivity index (χ3n) is 7.34. The van der Waals surface area contributed by atoms with Gasteiger partial charge in [0.15, 0.2) is 5.60 Å². The summed E-state index contributed by atoms with van der Waals surface area (Å²) in [6, 6.07) is 10.4. The fourth-order valence-electron chi connectivity index (χ4n) is 4.93. The number of hydrogen-bond acceptors (Lipinski definition) is 4. The molecular weight excluding hydrogens is 328 g/mol. The maximum atomic E-state index is 13.4. The van der Waals surface area contributed by atoms with Crippen molar-refractivity contribution in [2.24, 2.45) is 10.8 Å². The highest BCUT2D eigenvalue weighted by Gasteiger charge is 2.76. The fourth-order valence-corrected chi connectivity index (χ4v) is 4.93. The molecule has 0 aromatic heterocycles. The zero-order chi connectivity index (χ0) is 18.6. The lowest BCUT2D eigenvalue weighted by molar-refractivity contribution is -0.175. The van der Waals surface area contributed by atoms with E-state index >= 15 is 0 Å². The number of carbonyl (C=O) groups is 2. The molecule has 2 bridgehead atoms. The minimum Gasteiger partial charge on any atom is -0.448 e. The molecule has 140 valence electrons. The van der Waals surface area contributed by atoms with Crippen LogP contribution < -0.4 is 0 Å². The van der Waals surface area contributed by atoms with E-state index in [9.17, 15) is 9.59 Å². The molecule has 0 N–H and O–H groups in total. The average molecular weight is 356 g/mol. The van der Waals surface area contributed by atoms with Crippen molar-refractivity contribution >= 4 is 11.9 Å². The zero-order valence-electron chi connectivity index (χ0n) is 16.0. The van der Waals surface area contributed by atoms with E-state index in [1.165, 1.54) is 5.56 Å². The predicted octanol–water partition coefficient (Wildman–Crippen LogP) is 2.45. The fraction of sp³-hybridized carbons (Fsp3) is 0.619. The predicted molar refractivity (Wildman–Crippen MR) is 98.2 cm³/mol. The van der Waals surface area contributed by atoms with E-state index in [1.54, 1.807) is 0 Å². The SMILES string of the molecule is CC1(C)[C@@]2(C)CC[C@]1(C(=O)N1CCN(Cc3ccccc3)CC1)OC2=O. The summed E-state index contributed by atoms with van der Waals surface area (Å²) in [5, 5.41) is 0. The van der Waals surface area contributed by atoms with Crippen LogP contribution in [0.25, 0.3) is 0 Å². The van der Waals surface area contributed by atoms with E-state index in [4.69, 9.17) is 4.74 Å². The van der Waals surface area contributed by atoms with Gasteiger partial charge in [0.25, 0.3) is 5.91 Å². The summed E-state index contributed by atoms with van der Waals surface area (Å²) in [6.07, 6.45) is 1.38. The maximum Gasteiger partial charge on any atom is 0.313 e. The first kappa shape index (κ1) is 17.5. The van der Waals surface area contributed by atoms with Gasteiger partial charge in [-0.05, 0) is 25.3 Å². The Balaban J connectivity index is 1.44. The molecule has 1 aromatic rings. The van der Waals surface area contributed by atoms with E-state index in [2.05, 4.69) is 29.2 Å². The molecule has 5 nitrogen and oxygen atoms in total. The van der Waals surface area contributed by atoms with Gasteiger partial charge in [0.2, 0.25) is 0 Å². The lowest BCUT2D eigenvalue weighted by Gasteiger charge is -2.42. The van der Waals surface area contributed by atoms with Crippen LogP contribution in [-0.4, -0.2) is 53.5 Å². The van der Waals surface area contributed by atoms with Gasteiger partial charge in [-0.1, -0.05) is 44.2 Å². The summed E-state index contributed by atoms with van der Waals surface area (Å²) >= 11 is 0. The van der Waals surface area contributed by atoms with Crippen LogP contribution in [0.15, 0.2) is 30.3 Å². The smallest absolute Gasteiger partial charge is 0.313 e. The van der Waals surface area contributed by atoms with Crippen molar-refractivity contribution in [3.8, 4) is 0 Å². The Morgan fingerprint density at radius 1 is 1.04 bits per heavy atom. The molecule has 4 rings (SSSR count). The van der Waals surface area contributed by atoms with Crippen molar-refractivity contribution < 1.29 is 14.3 Å². The Labute approximate surface area is 155 Å². The summed E-state index contributed by atoms with van der Waals surface area (Å²) in [6.45, 7) is 9.99. The standard InChI is InChI=1S/C21H28N2O3/c1-19(2)20(3)9-10-21(19,26-18(20)25)17(24)23-13-11-22(12-14-23)15-16-7-5-4-6-8-16/h4-8H,9-15H2,1-3H3/t20-,21+/m0/s1. The van der Waals surface area contributed by atoms with Gasteiger partial charge in [0.05, 0.1) is 5.41 Å². The normalized spacial score (nSPS) is 33.3. The second-order valence-corrected chi connectivity index (χ2v) is 8.73. The van der Waals surface area contributed by atoms with Crippen LogP contribution in [0.5, 0.6) is 0 Å². The number of esters is 1. The summed E-state index contributed by atoms with van der Waals surface area (Å²) in [5.41, 5.74) is -0.684. The number of ether oxygens (including phenoxy) is 1. The molecule has 3 aliphatic rings.